The largest absolute Gasteiger partial charge is 0.384 e. The second kappa shape index (κ2) is 12.7. The van der Waals surface area contributed by atoms with Crippen LogP contribution in [0.4, 0.5) is 4.39 Å². The number of nitrogens with one attached hydrogen (secondary N) is 1. The Bertz CT molecular complexity index is 626. The SMILES string of the molecule is CCNC(=NCC(c1ccc(F)cc1)N1CCOCC1)N1CCC(COC)C1.I. The number of benzene rings is 1. The van der Waals surface area contributed by atoms with E-state index < -0.39 is 0 Å². The molecule has 2 aliphatic heterocycles. The fourth-order valence-electron chi connectivity index (χ4n) is 4.00. The lowest BCUT2D eigenvalue weighted by atomic mass is 10.0. The maximum atomic E-state index is 13.4. The first kappa shape index (κ1) is 24.3. The first-order valence-electron chi connectivity index (χ1n) is 10.3. The number of nitrogens with zero attached hydrogens (tertiary/aromatic N) is 3. The van der Waals surface area contributed by atoms with Crippen LogP contribution in [0.25, 0.3) is 0 Å². The number of methoxy groups -OCH3 is 1. The van der Waals surface area contributed by atoms with Crippen molar-refractivity contribution in [2.45, 2.75) is 19.4 Å². The van der Waals surface area contributed by atoms with Crippen LogP contribution in [0.2, 0.25) is 0 Å². The molecule has 6 nitrogen and oxygen atoms in total. The highest BCUT2D eigenvalue weighted by atomic mass is 127. The van der Waals surface area contributed by atoms with Crippen LogP contribution >= 0.6 is 24.0 Å². The molecule has 8 heteroatoms. The average molecular weight is 520 g/mol. The van der Waals surface area contributed by atoms with E-state index in [0.29, 0.717) is 12.5 Å². The van der Waals surface area contributed by atoms with Gasteiger partial charge in [0.05, 0.1) is 32.4 Å². The van der Waals surface area contributed by atoms with Gasteiger partial charge in [0.2, 0.25) is 0 Å². The summed E-state index contributed by atoms with van der Waals surface area (Å²) in [4.78, 5) is 9.70. The smallest absolute Gasteiger partial charge is 0.193 e. The van der Waals surface area contributed by atoms with E-state index >= 15 is 0 Å². The Morgan fingerprint density at radius 2 is 2.00 bits per heavy atom. The summed E-state index contributed by atoms with van der Waals surface area (Å²) >= 11 is 0. The molecule has 0 spiro atoms. The standard InChI is InChI=1S/C21H33FN4O2.HI/c1-3-23-21(26-9-8-17(15-26)16-27-2)24-14-20(25-10-12-28-13-11-25)18-4-6-19(22)7-5-18;/h4-7,17,20H,3,8-16H2,1-2H3,(H,23,24);1H. The first-order valence-corrected chi connectivity index (χ1v) is 10.3. The maximum Gasteiger partial charge on any atom is 0.193 e. The van der Waals surface area contributed by atoms with E-state index in [-0.39, 0.29) is 35.8 Å². The Balaban J connectivity index is 0.00000300. The summed E-state index contributed by atoms with van der Waals surface area (Å²) in [5.41, 5.74) is 1.10. The minimum Gasteiger partial charge on any atom is -0.384 e. The predicted octanol–water partition coefficient (Wildman–Crippen LogP) is 2.75. The molecule has 2 heterocycles. The van der Waals surface area contributed by atoms with Gasteiger partial charge >= 0.3 is 0 Å². The van der Waals surface area contributed by atoms with Crippen molar-refractivity contribution in [3.8, 4) is 0 Å². The van der Waals surface area contributed by atoms with Crippen LogP contribution < -0.4 is 5.32 Å². The number of likely N-dealkylation sites (tertiary alicyclic amines) is 1. The molecule has 0 amide bonds. The molecule has 2 unspecified atom stereocenters. The van der Waals surface area contributed by atoms with Gasteiger partial charge in [0.1, 0.15) is 5.82 Å². The Morgan fingerprint density at radius 3 is 2.66 bits per heavy atom. The molecule has 2 atom stereocenters. The molecule has 2 saturated heterocycles. The van der Waals surface area contributed by atoms with E-state index in [1.165, 1.54) is 12.1 Å². The van der Waals surface area contributed by atoms with Crippen molar-refractivity contribution in [2.24, 2.45) is 10.9 Å². The summed E-state index contributed by atoms with van der Waals surface area (Å²) in [5, 5.41) is 3.44. The number of ether oxygens (including phenoxy) is 2. The Hall–Kier alpha value is -0.970. The third kappa shape index (κ3) is 7.04. The van der Waals surface area contributed by atoms with Crippen LogP contribution in [-0.4, -0.2) is 82.0 Å². The van der Waals surface area contributed by atoms with Crippen molar-refractivity contribution in [1.29, 1.82) is 0 Å². The molecule has 0 bridgehead atoms. The van der Waals surface area contributed by atoms with Crippen LogP contribution in [0.1, 0.15) is 24.9 Å². The molecule has 3 rings (SSSR count). The third-order valence-corrected chi connectivity index (χ3v) is 5.48. The fraction of sp³-hybridized carbons (Fsp3) is 0.667. The zero-order chi connectivity index (χ0) is 19.8. The Morgan fingerprint density at radius 1 is 1.28 bits per heavy atom. The van der Waals surface area contributed by atoms with Gasteiger partial charge in [-0.05, 0) is 31.0 Å². The molecular weight excluding hydrogens is 486 g/mol. The quantitative estimate of drug-likeness (QED) is 0.341. The van der Waals surface area contributed by atoms with Gasteiger partial charge in [0.25, 0.3) is 0 Å². The minimum absolute atomic E-state index is 0. The van der Waals surface area contributed by atoms with Gasteiger partial charge in [-0.15, -0.1) is 24.0 Å². The van der Waals surface area contributed by atoms with E-state index in [0.717, 1.165) is 70.5 Å². The lowest BCUT2D eigenvalue weighted by Crippen LogP contribution is -2.43. The van der Waals surface area contributed by atoms with Crippen LogP contribution in [0, 0.1) is 11.7 Å². The maximum absolute atomic E-state index is 13.4. The molecule has 0 radical (unpaired) electrons. The van der Waals surface area contributed by atoms with E-state index in [4.69, 9.17) is 14.5 Å². The van der Waals surface area contributed by atoms with Crippen molar-refractivity contribution in [3.05, 3.63) is 35.6 Å². The molecular formula is C21H34FIN4O2. The second-order valence-electron chi connectivity index (χ2n) is 7.47. The van der Waals surface area contributed by atoms with E-state index in [2.05, 4.69) is 22.0 Å². The molecule has 2 aliphatic rings. The molecule has 0 aliphatic carbocycles. The number of hydrogen-bond donors (Lipinski definition) is 1. The van der Waals surface area contributed by atoms with Crippen molar-refractivity contribution in [3.63, 3.8) is 0 Å². The van der Waals surface area contributed by atoms with E-state index in [1.807, 2.05) is 12.1 Å². The summed E-state index contributed by atoms with van der Waals surface area (Å²) in [6.45, 7) is 9.53. The van der Waals surface area contributed by atoms with Crippen LogP contribution in [0.5, 0.6) is 0 Å². The van der Waals surface area contributed by atoms with Gasteiger partial charge in [0, 0.05) is 45.8 Å². The van der Waals surface area contributed by atoms with Crippen molar-refractivity contribution in [1.82, 2.24) is 15.1 Å². The zero-order valence-electron chi connectivity index (χ0n) is 17.5. The average Bonchev–Trinajstić information content (AvgIpc) is 3.18. The van der Waals surface area contributed by atoms with Gasteiger partial charge in [-0.3, -0.25) is 9.89 Å². The summed E-state index contributed by atoms with van der Waals surface area (Å²) in [7, 11) is 1.76. The van der Waals surface area contributed by atoms with Crippen LogP contribution in [0.3, 0.4) is 0 Å². The highest BCUT2D eigenvalue weighted by molar-refractivity contribution is 14.0. The normalized spacial score (nSPS) is 21.7. The topological polar surface area (TPSA) is 49.3 Å². The van der Waals surface area contributed by atoms with Crippen molar-refractivity contribution in [2.75, 3.05) is 66.2 Å². The number of rotatable bonds is 7. The zero-order valence-corrected chi connectivity index (χ0v) is 19.8. The number of aliphatic imine (C=N–C) groups is 1. The van der Waals surface area contributed by atoms with E-state index in [1.54, 1.807) is 7.11 Å². The number of morpholine rings is 1. The minimum atomic E-state index is -0.206. The van der Waals surface area contributed by atoms with Gasteiger partial charge in [-0.25, -0.2) is 4.39 Å². The highest BCUT2D eigenvalue weighted by Gasteiger charge is 2.26. The lowest BCUT2D eigenvalue weighted by molar-refractivity contribution is 0.0179. The summed E-state index contributed by atoms with van der Waals surface area (Å²) in [6.07, 6.45) is 1.13. The van der Waals surface area contributed by atoms with Gasteiger partial charge in [-0.1, -0.05) is 12.1 Å². The third-order valence-electron chi connectivity index (χ3n) is 5.48. The highest BCUT2D eigenvalue weighted by Crippen LogP contribution is 2.23. The summed E-state index contributed by atoms with van der Waals surface area (Å²) in [6, 6.07) is 6.95. The Labute approximate surface area is 190 Å². The van der Waals surface area contributed by atoms with Crippen molar-refractivity contribution >= 4 is 29.9 Å². The Kier molecular flexibility index (Phi) is 10.6. The second-order valence-corrected chi connectivity index (χ2v) is 7.47. The molecule has 29 heavy (non-hydrogen) atoms. The monoisotopic (exact) mass is 520 g/mol. The van der Waals surface area contributed by atoms with E-state index in [9.17, 15) is 4.39 Å². The van der Waals surface area contributed by atoms with Crippen molar-refractivity contribution < 1.29 is 13.9 Å². The van der Waals surface area contributed by atoms with Crippen LogP contribution in [0.15, 0.2) is 29.3 Å². The summed E-state index contributed by atoms with van der Waals surface area (Å²) in [5.74, 6) is 1.31. The molecule has 1 N–H and O–H groups in total. The molecule has 0 saturated carbocycles. The number of guanidine groups is 1. The molecule has 164 valence electrons. The summed E-state index contributed by atoms with van der Waals surface area (Å²) < 4.78 is 24.3. The lowest BCUT2D eigenvalue weighted by Gasteiger charge is -2.34. The number of halogens is 2. The molecule has 1 aromatic rings. The number of hydrogen-bond acceptors (Lipinski definition) is 4. The van der Waals surface area contributed by atoms with Gasteiger partial charge < -0.3 is 19.7 Å². The molecule has 0 aromatic heterocycles. The molecule has 2 fully saturated rings. The predicted molar refractivity (Wildman–Crippen MR) is 124 cm³/mol. The fourth-order valence-corrected chi connectivity index (χ4v) is 4.00. The molecule has 1 aromatic carbocycles. The van der Waals surface area contributed by atoms with Gasteiger partial charge in [-0.2, -0.15) is 0 Å². The van der Waals surface area contributed by atoms with Crippen LogP contribution in [-0.2, 0) is 9.47 Å². The van der Waals surface area contributed by atoms with Gasteiger partial charge in [0.15, 0.2) is 5.96 Å². The first-order chi connectivity index (χ1) is 13.7.